The molecule has 0 saturated heterocycles. The van der Waals surface area contributed by atoms with Crippen LogP contribution in [0.25, 0.3) is 0 Å². The summed E-state index contributed by atoms with van der Waals surface area (Å²) in [5.74, 6) is -1.05. The van der Waals surface area contributed by atoms with E-state index in [2.05, 4.69) is 5.32 Å². The van der Waals surface area contributed by atoms with Crippen molar-refractivity contribution in [1.82, 2.24) is 0 Å². The Balaban J connectivity index is 2.43. The van der Waals surface area contributed by atoms with Gasteiger partial charge in [-0.1, -0.05) is 35.3 Å². The van der Waals surface area contributed by atoms with Crippen LogP contribution in [0.4, 0.5) is 5.69 Å². The number of methoxy groups -OCH3 is 2. The molecule has 0 amide bonds. The first-order chi connectivity index (χ1) is 10.0. The number of para-hydroxylation sites is 2. The Labute approximate surface area is 131 Å². The van der Waals surface area contributed by atoms with E-state index in [9.17, 15) is 9.59 Å². The van der Waals surface area contributed by atoms with Crippen molar-refractivity contribution >= 4 is 40.5 Å². The highest BCUT2D eigenvalue weighted by Gasteiger charge is 2.34. The number of anilines is 1. The minimum atomic E-state index is -0.652. The molecule has 7 heteroatoms. The third-order valence-corrected chi connectivity index (χ3v) is 3.53. The van der Waals surface area contributed by atoms with Gasteiger partial charge in [0.2, 0.25) is 11.6 Å². The van der Waals surface area contributed by atoms with Crippen molar-refractivity contribution in [2.75, 3.05) is 19.5 Å². The van der Waals surface area contributed by atoms with Crippen molar-refractivity contribution in [2.45, 2.75) is 0 Å². The highest BCUT2D eigenvalue weighted by molar-refractivity contribution is 6.56. The van der Waals surface area contributed by atoms with Gasteiger partial charge in [-0.2, -0.15) is 0 Å². The minimum absolute atomic E-state index is 0.114. The Bertz CT molecular complexity index is 679. The first kappa shape index (κ1) is 15.4. The maximum atomic E-state index is 12.2. The standard InChI is InChI=1S/C14H11Cl2NO4/c1-20-8-6-4-3-5-7(8)17-11-9(15)13(19)14(21-2)10(16)12(11)18/h3-6,17H,1-2H3. The number of halogens is 2. The molecule has 0 aromatic heterocycles. The molecular weight excluding hydrogens is 317 g/mol. The maximum Gasteiger partial charge on any atom is 0.242 e. The summed E-state index contributed by atoms with van der Waals surface area (Å²) in [6.45, 7) is 0. The van der Waals surface area contributed by atoms with Gasteiger partial charge in [-0.3, -0.25) is 9.59 Å². The smallest absolute Gasteiger partial charge is 0.242 e. The van der Waals surface area contributed by atoms with Gasteiger partial charge in [-0.15, -0.1) is 0 Å². The quantitative estimate of drug-likeness (QED) is 0.861. The zero-order valence-electron chi connectivity index (χ0n) is 11.2. The van der Waals surface area contributed by atoms with Crippen molar-refractivity contribution in [2.24, 2.45) is 0 Å². The third-order valence-electron chi connectivity index (χ3n) is 2.82. The van der Waals surface area contributed by atoms with Crippen molar-refractivity contribution in [3.05, 3.63) is 45.8 Å². The number of nitrogens with one attached hydrogen (secondary N) is 1. The molecule has 0 atom stereocenters. The van der Waals surface area contributed by atoms with Gasteiger partial charge in [0.05, 0.1) is 19.9 Å². The lowest BCUT2D eigenvalue weighted by Crippen LogP contribution is -2.25. The fourth-order valence-corrected chi connectivity index (χ4v) is 2.28. The number of hydrogen-bond acceptors (Lipinski definition) is 5. The molecule has 0 heterocycles. The Morgan fingerprint density at radius 3 is 2.24 bits per heavy atom. The fourth-order valence-electron chi connectivity index (χ4n) is 1.80. The van der Waals surface area contributed by atoms with Crippen LogP contribution in [0.2, 0.25) is 0 Å². The summed E-state index contributed by atoms with van der Waals surface area (Å²) >= 11 is 11.8. The fraction of sp³-hybridized carbons (Fsp3) is 0.143. The lowest BCUT2D eigenvalue weighted by Gasteiger charge is -2.19. The first-order valence-electron chi connectivity index (χ1n) is 5.84. The Morgan fingerprint density at radius 1 is 0.952 bits per heavy atom. The van der Waals surface area contributed by atoms with Gasteiger partial charge in [-0.25, -0.2) is 0 Å². The molecule has 1 N–H and O–H groups in total. The molecule has 1 aromatic carbocycles. The zero-order chi connectivity index (χ0) is 15.6. The van der Waals surface area contributed by atoms with Crippen LogP contribution in [0.3, 0.4) is 0 Å². The number of ketones is 2. The summed E-state index contributed by atoms with van der Waals surface area (Å²) in [6.07, 6.45) is 0. The largest absolute Gasteiger partial charge is 0.495 e. The van der Waals surface area contributed by atoms with Gasteiger partial charge in [0.15, 0.2) is 5.76 Å². The molecule has 1 aromatic rings. The number of carbonyl (C=O) groups excluding carboxylic acids is 2. The SMILES string of the molecule is COC1=C(Cl)C(=O)C(Nc2ccccc2OC)=C(Cl)C1=O. The molecule has 21 heavy (non-hydrogen) atoms. The Hall–Kier alpha value is -1.98. The maximum absolute atomic E-state index is 12.2. The van der Waals surface area contributed by atoms with Gasteiger partial charge in [0.25, 0.3) is 0 Å². The van der Waals surface area contributed by atoms with Gasteiger partial charge in [0, 0.05) is 0 Å². The monoisotopic (exact) mass is 327 g/mol. The number of benzene rings is 1. The number of rotatable bonds is 4. The molecule has 0 radical (unpaired) electrons. The van der Waals surface area contributed by atoms with E-state index in [0.29, 0.717) is 11.4 Å². The average Bonchev–Trinajstić information content (AvgIpc) is 2.50. The second-order valence-electron chi connectivity index (χ2n) is 4.02. The van der Waals surface area contributed by atoms with Crippen molar-refractivity contribution in [1.29, 1.82) is 0 Å². The molecule has 2 rings (SSSR count). The summed E-state index contributed by atoms with van der Waals surface area (Å²) in [4.78, 5) is 24.2. The lowest BCUT2D eigenvalue weighted by atomic mass is 10.1. The van der Waals surface area contributed by atoms with Gasteiger partial charge in [0.1, 0.15) is 21.5 Å². The molecule has 0 bridgehead atoms. The summed E-state index contributed by atoms with van der Waals surface area (Å²) in [6, 6.07) is 6.89. The second-order valence-corrected chi connectivity index (χ2v) is 4.78. The molecule has 5 nitrogen and oxygen atoms in total. The van der Waals surface area contributed by atoms with E-state index < -0.39 is 11.6 Å². The molecular formula is C14H11Cl2NO4. The normalized spacial score (nSPS) is 15.4. The van der Waals surface area contributed by atoms with E-state index in [4.69, 9.17) is 32.7 Å². The molecule has 0 spiro atoms. The summed E-state index contributed by atoms with van der Waals surface area (Å²) in [5, 5.41) is 2.18. The van der Waals surface area contributed by atoms with E-state index in [1.165, 1.54) is 14.2 Å². The topological polar surface area (TPSA) is 64.6 Å². The van der Waals surface area contributed by atoms with Gasteiger partial charge in [-0.05, 0) is 12.1 Å². The van der Waals surface area contributed by atoms with Crippen LogP contribution in [0, 0.1) is 0 Å². The Kier molecular flexibility index (Phi) is 4.55. The van der Waals surface area contributed by atoms with E-state index >= 15 is 0 Å². The van der Waals surface area contributed by atoms with Gasteiger partial charge >= 0.3 is 0 Å². The predicted octanol–water partition coefficient (Wildman–Crippen LogP) is 2.81. The second kappa shape index (κ2) is 6.20. The van der Waals surface area contributed by atoms with E-state index in [1.54, 1.807) is 24.3 Å². The summed E-state index contributed by atoms with van der Waals surface area (Å²) in [7, 11) is 2.73. The zero-order valence-corrected chi connectivity index (χ0v) is 12.7. The average molecular weight is 328 g/mol. The Morgan fingerprint density at radius 2 is 1.62 bits per heavy atom. The van der Waals surface area contributed by atoms with Crippen molar-refractivity contribution in [3.8, 4) is 5.75 Å². The minimum Gasteiger partial charge on any atom is -0.495 e. The van der Waals surface area contributed by atoms with E-state index in [0.717, 1.165) is 0 Å². The number of allylic oxidation sites excluding steroid dienone is 2. The molecule has 1 aliphatic rings. The van der Waals surface area contributed by atoms with Crippen molar-refractivity contribution < 1.29 is 19.1 Å². The number of hydrogen-bond donors (Lipinski definition) is 1. The van der Waals surface area contributed by atoms with Crippen LogP contribution in [0.1, 0.15) is 0 Å². The highest BCUT2D eigenvalue weighted by Crippen LogP contribution is 2.32. The predicted molar refractivity (Wildman–Crippen MR) is 79.4 cm³/mol. The van der Waals surface area contributed by atoms with E-state index in [1.807, 2.05) is 0 Å². The van der Waals surface area contributed by atoms with E-state index in [-0.39, 0.29) is 21.5 Å². The lowest BCUT2D eigenvalue weighted by molar-refractivity contribution is -0.117. The van der Waals surface area contributed by atoms with Crippen LogP contribution in [-0.2, 0) is 14.3 Å². The number of ether oxygens (including phenoxy) is 2. The summed E-state index contributed by atoms with van der Waals surface area (Å²) < 4.78 is 9.97. The molecule has 0 aliphatic heterocycles. The van der Waals surface area contributed by atoms with Crippen LogP contribution in [0.5, 0.6) is 5.75 Å². The third kappa shape index (κ3) is 2.75. The molecule has 0 unspecified atom stereocenters. The molecule has 0 fully saturated rings. The highest BCUT2D eigenvalue weighted by atomic mass is 35.5. The first-order valence-corrected chi connectivity index (χ1v) is 6.59. The van der Waals surface area contributed by atoms with Crippen LogP contribution < -0.4 is 10.1 Å². The number of Topliss-reactive ketones (excluding diaryl/α,β-unsaturated/α-hetero) is 2. The molecule has 0 saturated carbocycles. The van der Waals surface area contributed by atoms with Crippen LogP contribution in [0.15, 0.2) is 45.8 Å². The molecule has 110 valence electrons. The number of carbonyl (C=O) groups is 2. The summed E-state index contributed by atoms with van der Waals surface area (Å²) in [5.41, 5.74) is 0.372. The van der Waals surface area contributed by atoms with Crippen LogP contribution >= 0.6 is 23.2 Å². The molecule has 1 aliphatic carbocycles. The van der Waals surface area contributed by atoms with Crippen LogP contribution in [-0.4, -0.2) is 25.8 Å². The van der Waals surface area contributed by atoms with Crippen molar-refractivity contribution in [3.63, 3.8) is 0 Å². The van der Waals surface area contributed by atoms with Gasteiger partial charge < -0.3 is 14.8 Å².